The van der Waals surface area contributed by atoms with Gasteiger partial charge in [0.15, 0.2) is 6.29 Å². The Morgan fingerprint density at radius 1 is 0.609 bits per heavy atom. The van der Waals surface area contributed by atoms with Crippen LogP contribution in [0.25, 0.3) is 0 Å². The third kappa shape index (κ3) is 34.8. The molecule has 1 aliphatic heterocycles. The lowest BCUT2D eigenvalue weighted by Gasteiger charge is -2.41. The van der Waals surface area contributed by atoms with Crippen molar-refractivity contribution in [2.24, 2.45) is 0 Å². The van der Waals surface area contributed by atoms with Crippen LogP contribution in [0.3, 0.4) is 0 Å². The van der Waals surface area contributed by atoms with Crippen molar-refractivity contribution in [3.8, 4) is 0 Å². The molecule has 0 saturated carbocycles. The molecule has 6 atom stereocenters. The van der Waals surface area contributed by atoms with Crippen molar-refractivity contribution in [2.45, 2.75) is 218 Å². The first-order valence-electron chi connectivity index (χ1n) is 24.7. The second kappa shape index (κ2) is 41.9. The summed E-state index contributed by atoms with van der Waals surface area (Å²) in [5.74, 6) is -0.417. The molecule has 1 rings (SSSR count). The number of hydrogen-bond donors (Lipinski definition) is 4. The van der Waals surface area contributed by atoms with Gasteiger partial charge in [0.05, 0.1) is 19.8 Å². The highest BCUT2D eigenvalue weighted by molar-refractivity contribution is 7.80. The first-order valence-corrected chi connectivity index (χ1v) is 26.1. The normalized spacial score (nSPS) is 20.4. The highest BCUT2D eigenvalue weighted by Crippen LogP contribution is 2.26. The highest BCUT2D eigenvalue weighted by Gasteiger charge is 2.48. The molecule has 1 saturated heterocycles. The molecule has 0 aliphatic carbocycles. The second-order valence-corrected chi connectivity index (χ2v) is 17.7. The molecule has 13 heteroatoms. The summed E-state index contributed by atoms with van der Waals surface area (Å²) in [7, 11) is -5.07. The summed E-state index contributed by atoms with van der Waals surface area (Å²) >= 11 is 0. The van der Waals surface area contributed by atoms with E-state index in [9.17, 15) is 33.1 Å². The van der Waals surface area contributed by atoms with E-state index in [0.717, 1.165) is 96.3 Å². The van der Waals surface area contributed by atoms with E-state index in [4.69, 9.17) is 18.9 Å². The van der Waals surface area contributed by atoms with Gasteiger partial charge >= 0.3 is 16.4 Å². The summed E-state index contributed by atoms with van der Waals surface area (Å²) in [6.07, 6.45) is 45.1. The molecular formula is C51H88O12S. The summed E-state index contributed by atoms with van der Waals surface area (Å²) in [4.78, 5) is 12.9. The van der Waals surface area contributed by atoms with Crippen molar-refractivity contribution < 1.29 is 56.2 Å². The van der Waals surface area contributed by atoms with Crippen LogP contribution in [-0.2, 0) is 38.3 Å². The predicted octanol–water partition coefficient (Wildman–Crippen LogP) is 11.1. The zero-order valence-electron chi connectivity index (χ0n) is 39.6. The van der Waals surface area contributed by atoms with E-state index in [0.29, 0.717) is 13.0 Å². The minimum Gasteiger partial charge on any atom is -0.457 e. The molecule has 0 spiro atoms. The molecule has 1 heterocycles. The van der Waals surface area contributed by atoms with Crippen LogP contribution in [-0.4, -0.2) is 97.5 Å². The standard InChI is InChI=1S/C51H88O12S/c1-3-5-7-9-11-13-15-17-18-19-20-21-22-23-24-25-26-27-29-31-33-35-37-39-41-59-43-45(44-60-51-49(55)50(63-64(56,57)58)48(54)46(42-52)62-51)61-47(53)40-38-36-34-32-30-28-16-14-12-10-8-6-4-2/h5,7-8,10-11,13-14,16-18,20-21,45-46,48-52,54-55H,3-4,6,9,12,15,19,22-44H2,1-2H3,(H,56,57,58)/b7-5-,10-8-,13-11-,16-14-,18-17-,21-20-. The summed E-state index contributed by atoms with van der Waals surface area (Å²) in [5.41, 5.74) is 0. The van der Waals surface area contributed by atoms with E-state index < -0.39 is 59.8 Å². The molecule has 6 unspecified atom stereocenters. The summed E-state index contributed by atoms with van der Waals surface area (Å²) in [5, 5.41) is 30.7. The van der Waals surface area contributed by atoms with Gasteiger partial charge in [-0.3, -0.25) is 9.35 Å². The Hall–Kier alpha value is -2.46. The number of aliphatic hydroxyl groups excluding tert-OH is 3. The summed E-state index contributed by atoms with van der Waals surface area (Å²) in [6.45, 7) is 3.78. The largest absolute Gasteiger partial charge is 0.457 e. The SMILES string of the molecule is CC/C=C\C/C=C\C/C=C\C/C=C\CCCCCCCCCCCCCOCC(COC1OC(CO)C(O)C(OS(=O)(=O)O)C1O)OC(=O)CCCCCCC/C=C\C/C=C\CCC. The maximum Gasteiger partial charge on any atom is 0.397 e. The second-order valence-electron chi connectivity index (χ2n) is 16.7. The van der Waals surface area contributed by atoms with Gasteiger partial charge in [-0.15, -0.1) is 0 Å². The fourth-order valence-corrected chi connectivity index (χ4v) is 7.62. The molecule has 0 bridgehead atoms. The van der Waals surface area contributed by atoms with Crippen LogP contribution in [0.1, 0.15) is 181 Å². The lowest BCUT2D eigenvalue weighted by Crippen LogP contribution is -2.60. The lowest BCUT2D eigenvalue weighted by atomic mass is 9.99. The number of carbonyl (C=O) groups excluding carboxylic acids is 1. The number of hydrogen-bond acceptors (Lipinski definition) is 11. The maximum atomic E-state index is 12.9. The Kier molecular flexibility index (Phi) is 39.0. The van der Waals surface area contributed by atoms with Gasteiger partial charge in [0.25, 0.3) is 0 Å². The Labute approximate surface area is 388 Å². The number of rotatable bonds is 42. The van der Waals surface area contributed by atoms with Gasteiger partial charge in [-0.25, -0.2) is 4.18 Å². The Morgan fingerprint density at radius 2 is 1.08 bits per heavy atom. The first kappa shape index (κ1) is 59.6. The average molecular weight is 925 g/mol. The van der Waals surface area contributed by atoms with Crippen LogP contribution < -0.4 is 0 Å². The third-order valence-corrected chi connectivity index (χ3v) is 11.3. The van der Waals surface area contributed by atoms with Gasteiger partial charge in [0, 0.05) is 13.0 Å². The van der Waals surface area contributed by atoms with Crippen molar-refractivity contribution in [3.05, 3.63) is 72.9 Å². The molecule has 12 nitrogen and oxygen atoms in total. The van der Waals surface area contributed by atoms with Crippen LogP contribution in [0.15, 0.2) is 72.9 Å². The van der Waals surface area contributed by atoms with Gasteiger partial charge in [-0.05, 0) is 77.0 Å². The molecule has 0 aromatic carbocycles. The number of allylic oxidation sites excluding steroid dienone is 12. The Bertz CT molecular complexity index is 1390. The molecular weight excluding hydrogens is 837 g/mol. The zero-order chi connectivity index (χ0) is 46.8. The van der Waals surface area contributed by atoms with Crippen molar-refractivity contribution >= 4 is 16.4 Å². The van der Waals surface area contributed by atoms with Crippen molar-refractivity contribution in [2.75, 3.05) is 26.4 Å². The van der Waals surface area contributed by atoms with Crippen molar-refractivity contribution in [1.29, 1.82) is 0 Å². The fraction of sp³-hybridized carbons (Fsp3) is 0.745. The van der Waals surface area contributed by atoms with Crippen LogP contribution in [0.5, 0.6) is 0 Å². The molecule has 0 aromatic heterocycles. The number of esters is 1. The molecule has 0 amide bonds. The Balaban J connectivity index is 2.34. The van der Waals surface area contributed by atoms with Gasteiger partial charge in [-0.2, -0.15) is 8.42 Å². The number of aliphatic hydroxyl groups is 3. The van der Waals surface area contributed by atoms with Crippen LogP contribution >= 0.6 is 0 Å². The minimum atomic E-state index is -5.07. The van der Waals surface area contributed by atoms with E-state index in [1.165, 1.54) is 57.8 Å². The zero-order valence-corrected chi connectivity index (χ0v) is 40.4. The topological polar surface area (TPSA) is 178 Å². The molecule has 4 N–H and O–H groups in total. The predicted molar refractivity (Wildman–Crippen MR) is 257 cm³/mol. The summed E-state index contributed by atoms with van der Waals surface area (Å²) in [6, 6.07) is 0. The monoisotopic (exact) mass is 925 g/mol. The summed E-state index contributed by atoms with van der Waals surface area (Å²) < 4.78 is 59.1. The van der Waals surface area contributed by atoms with Crippen molar-refractivity contribution in [1.82, 2.24) is 0 Å². The number of unbranched alkanes of at least 4 members (excludes halogenated alkanes) is 17. The van der Waals surface area contributed by atoms with Gasteiger partial charge in [-0.1, -0.05) is 170 Å². The van der Waals surface area contributed by atoms with E-state index in [1.54, 1.807) is 0 Å². The molecule has 370 valence electrons. The average Bonchev–Trinajstić information content (AvgIpc) is 3.27. The molecule has 1 fully saturated rings. The first-order chi connectivity index (χ1) is 31.1. The maximum absolute atomic E-state index is 12.9. The van der Waals surface area contributed by atoms with Crippen LogP contribution in [0, 0.1) is 0 Å². The molecule has 0 aromatic rings. The quantitative estimate of drug-likeness (QED) is 0.0197. The van der Waals surface area contributed by atoms with E-state index in [-0.39, 0.29) is 19.6 Å². The lowest BCUT2D eigenvalue weighted by molar-refractivity contribution is -0.301. The van der Waals surface area contributed by atoms with Gasteiger partial charge in [0.1, 0.15) is 30.5 Å². The van der Waals surface area contributed by atoms with E-state index in [1.807, 2.05) is 0 Å². The van der Waals surface area contributed by atoms with Gasteiger partial charge in [0.2, 0.25) is 0 Å². The van der Waals surface area contributed by atoms with Crippen LogP contribution in [0.4, 0.5) is 0 Å². The Morgan fingerprint density at radius 3 is 1.58 bits per heavy atom. The molecule has 0 radical (unpaired) electrons. The molecule has 1 aliphatic rings. The smallest absolute Gasteiger partial charge is 0.397 e. The van der Waals surface area contributed by atoms with Crippen molar-refractivity contribution in [3.63, 3.8) is 0 Å². The number of carbonyl (C=O) groups is 1. The highest BCUT2D eigenvalue weighted by atomic mass is 32.3. The van der Waals surface area contributed by atoms with E-state index >= 15 is 0 Å². The van der Waals surface area contributed by atoms with E-state index in [2.05, 4.69) is 90.9 Å². The van der Waals surface area contributed by atoms with Crippen LogP contribution in [0.2, 0.25) is 0 Å². The molecule has 64 heavy (non-hydrogen) atoms. The number of ether oxygens (including phenoxy) is 4. The fourth-order valence-electron chi connectivity index (χ4n) is 7.11. The van der Waals surface area contributed by atoms with Gasteiger partial charge < -0.3 is 34.3 Å². The third-order valence-electron chi connectivity index (χ3n) is 10.8. The minimum absolute atomic E-state index is 0.0247.